The van der Waals surface area contributed by atoms with E-state index in [0.717, 1.165) is 18.4 Å². The first-order chi connectivity index (χ1) is 9.67. The minimum atomic E-state index is -0.493. The van der Waals surface area contributed by atoms with Crippen molar-refractivity contribution >= 4 is 12.1 Å². The van der Waals surface area contributed by atoms with E-state index in [1.54, 1.807) is 0 Å². The van der Waals surface area contributed by atoms with E-state index in [2.05, 4.69) is 4.74 Å². The molecular formula is C15H21NO4. The van der Waals surface area contributed by atoms with Gasteiger partial charge in [-0.2, -0.15) is 0 Å². The van der Waals surface area contributed by atoms with Crippen LogP contribution in [0.4, 0.5) is 4.79 Å². The molecule has 1 aromatic carbocycles. The van der Waals surface area contributed by atoms with Crippen molar-refractivity contribution in [2.24, 2.45) is 0 Å². The van der Waals surface area contributed by atoms with E-state index in [1.165, 1.54) is 12.0 Å². The highest BCUT2D eigenvalue weighted by molar-refractivity contribution is 5.77. The lowest BCUT2D eigenvalue weighted by atomic mass is 10.2. The number of ether oxygens (including phenoxy) is 2. The molecule has 0 saturated heterocycles. The Balaban J connectivity index is 2.64. The molecule has 0 aliphatic carbocycles. The van der Waals surface area contributed by atoms with Crippen molar-refractivity contribution in [3.63, 3.8) is 0 Å². The SMILES string of the molecule is CCCCOC(=O)N(CC(=O)OC)Cc1ccccc1. The second-order valence-electron chi connectivity index (χ2n) is 4.39. The molecule has 0 fully saturated rings. The maximum atomic E-state index is 12.0. The fourth-order valence-electron chi connectivity index (χ4n) is 1.60. The van der Waals surface area contributed by atoms with Crippen LogP contribution in [-0.2, 0) is 20.8 Å². The number of carbonyl (C=O) groups excluding carboxylic acids is 2. The smallest absolute Gasteiger partial charge is 0.410 e. The second kappa shape index (κ2) is 8.96. The highest BCUT2D eigenvalue weighted by Crippen LogP contribution is 2.07. The fraction of sp³-hybridized carbons (Fsp3) is 0.467. The largest absolute Gasteiger partial charge is 0.468 e. The van der Waals surface area contributed by atoms with E-state index in [-0.39, 0.29) is 6.54 Å². The minimum absolute atomic E-state index is 0.115. The minimum Gasteiger partial charge on any atom is -0.468 e. The first-order valence-electron chi connectivity index (χ1n) is 6.69. The quantitative estimate of drug-likeness (QED) is 0.568. The maximum Gasteiger partial charge on any atom is 0.410 e. The zero-order chi connectivity index (χ0) is 14.8. The number of benzene rings is 1. The molecule has 20 heavy (non-hydrogen) atoms. The summed E-state index contributed by atoms with van der Waals surface area (Å²) < 4.78 is 9.75. The van der Waals surface area contributed by atoms with Crippen molar-refractivity contribution in [3.05, 3.63) is 35.9 Å². The van der Waals surface area contributed by atoms with Crippen molar-refractivity contribution in [1.29, 1.82) is 0 Å². The van der Waals surface area contributed by atoms with Gasteiger partial charge in [-0.25, -0.2) is 4.79 Å². The Labute approximate surface area is 119 Å². The first kappa shape index (κ1) is 16.0. The molecule has 0 spiro atoms. The molecular weight excluding hydrogens is 258 g/mol. The van der Waals surface area contributed by atoms with E-state index in [4.69, 9.17) is 4.74 Å². The van der Waals surface area contributed by atoms with Crippen molar-refractivity contribution in [1.82, 2.24) is 4.90 Å². The Bertz CT molecular complexity index is 419. The van der Waals surface area contributed by atoms with Crippen LogP contribution >= 0.6 is 0 Å². The maximum absolute atomic E-state index is 12.0. The van der Waals surface area contributed by atoms with E-state index in [1.807, 2.05) is 37.3 Å². The van der Waals surface area contributed by atoms with Gasteiger partial charge < -0.3 is 9.47 Å². The van der Waals surface area contributed by atoms with E-state index in [9.17, 15) is 9.59 Å². The molecule has 1 aromatic rings. The van der Waals surface area contributed by atoms with Crippen LogP contribution in [0.2, 0.25) is 0 Å². The van der Waals surface area contributed by atoms with Gasteiger partial charge in [-0.3, -0.25) is 9.69 Å². The van der Waals surface area contributed by atoms with Gasteiger partial charge in [-0.15, -0.1) is 0 Å². The summed E-state index contributed by atoms with van der Waals surface area (Å²) in [5, 5.41) is 0. The lowest BCUT2D eigenvalue weighted by molar-refractivity contribution is -0.141. The van der Waals surface area contributed by atoms with Gasteiger partial charge in [-0.05, 0) is 12.0 Å². The lowest BCUT2D eigenvalue weighted by Crippen LogP contribution is -2.36. The molecule has 5 nitrogen and oxygen atoms in total. The van der Waals surface area contributed by atoms with Gasteiger partial charge in [-0.1, -0.05) is 43.7 Å². The summed E-state index contributed by atoms with van der Waals surface area (Å²) in [6.07, 6.45) is 1.26. The second-order valence-corrected chi connectivity index (χ2v) is 4.39. The zero-order valence-corrected chi connectivity index (χ0v) is 12.0. The standard InChI is InChI=1S/C15H21NO4/c1-3-4-10-20-15(18)16(12-14(17)19-2)11-13-8-6-5-7-9-13/h5-9H,3-4,10-12H2,1-2H3. The number of hydrogen-bond donors (Lipinski definition) is 0. The molecule has 0 aliphatic rings. The van der Waals surface area contributed by atoms with Crippen LogP contribution < -0.4 is 0 Å². The Hall–Kier alpha value is -2.04. The molecule has 0 heterocycles. The Kier molecular flexibility index (Phi) is 7.17. The van der Waals surface area contributed by atoms with Crippen LogP contribution in [-0.4, -0.2) is 37.2 Å². The van der Waals surface area contributed by atoms with E-state index >= 15 is 0 Å². The average Bonchev–Trinajstić information content (AvgIpc) is 2.47. The zero-order valence-electron chi connectivity index (χ0n) is 12.0. The van der Waals surface area contributed by atoms with Gasteiger partial charge in [0.1, 0.15) is 6.54 Å². The highest BCUT2D eigenvalue weighted by Gasteiger charge is 2.19. The van der Waals surface area contributed by atoms with Crippen LogP contribution in [0.5, 0.6) is 0 Å². The Morgan fingerprint density at radius 2 is 1.90 bits per heavy atom. The summed E-state index contributed by atoms with van der Waals surface area (Å²) in [5.74, 6) is -0.464. The highest BCUT2D eigenvalue weighted by atomic mass is 16.6. The summed E-state index contributed by atoms with van der Waals surface area (Å²) in [7, 11) is 1.30. The number of rotatable bonds is 7. The molecule has 110 valence electrons. The summed E-state index contributed by atoms with van der Waals surface area (Å²) in [6.45, 7) is 2.59. The van der Waals surface area contributed by atoms with Gasteiger partial charge in [0.05, 0.1) is 13.7 Å². The molecule has 0 aromatic heterocycles. The van der Waals surface area contributed by atoms with Crippen LogP contribution in [0, 0.1) is 0 Å². The molecule has 0 saturated carbocycles. The predicted octanol–water partition coefficient (Wildman–Crippen LogP) is 2.60. The lowest BCUT2D eigenvalue weighted by Gasteiger charge is -2.21. The third-order valence-corrected chi connectivity index (χ3v) is 2.75. The Morgan fingerprint density at radius 3 is 2.50 bits per heavy atom. The topological polar surface area (TPSA) is 55.8 Å². The van der Waals surface area contributed by atoms with Gasteiger partial charge in [0.15, 0.2) is 0 Å². The molecule has 0 bridgehead atoms. The molecule has 0 unspecified atom stereocenters. The molecule has 5 heteroatoms. The fourth-order valence-corrected chi connectivity index (χ4v) is 1.60. The third kappa shape index (κ3) is 5.73. The summed E-state index contributed by atoms with van der Waals surface area (Å²) >= 11 is 0. The van der Waals surface area contributed by atoms with Gasteiger partial charge in [0.25, 0.3) is 0 Å². The monoisotopic (exact) mass is 279 g/mol. The van der Waals surface area contributed by atoms with Crippen molar-refractivity contribution < 1.29 is 19.1 Å². The molecule has 0 aliphatic heterocycles. The number of amides is 1. The number of methoxy groups -OCH3 is 1. The normalized spacial score (nSPS) is 9.90. The van der Waals surface area contributed by atoms with E-state index in [0.29, 0.717) is 13.2 Å². The summed E-state index contributed by atoms with van der Waals surface area (Å²) in [6, 6.07) is 9.45. The van der Waals surface area contributed by atoms with Gasteiger partial charge in [0.2, 0.25) is 0 Å². The summed E-state index contributed by atoms with van der Waals surface area (Å²) in [5.41, 5.74) is 0.934. The molecule has 0 atom stereocenters. The van der Waals surface area contributed by atoms with Crippen LogP contribution in [0.15, 0.2) is 30.3 Å². The first-order valence-corrected chi connectivity index (χ1v) is 6.69. The number of hydrogen-bond acceptors (Lipinski definition) is 4. The summed E-state index contributed by atoms with van der Waals surface area (Å²) in [4.78, 5) is 24.7. The van der Waals surface area contributed by atoms with Gasteiger partial charge >= 0.3 is 12.1 Å². The van der Waals surface area contributed by atoms with E-state index < -0.39 is 12.1 Å². The molecule has 0 radical (unpaired) electrons. The average molecular weight is 279 g/mol. The van der Waals surface area contributed by atoms with Crippen molar-refractivity contribution in [2.45, 2.75) is 26.3 Å². The molecule has 0 N–H and O–H groups in total. The third-order valence-electron chi connectivity index (χ3n) is 2.75. The Morgan fingerprint density at radius 1 is 1.20 bits per heavy atom. The van der Waals surface area contributed by atoms with Crippen LogP contribution in [0.3, 0.4) is 0 Å². The molecule has 1 rings (SSSR count). The number of unbranched alkanes of at least 4 members (excludes halogenated alkanes) is 1. The predicted molar refractivity (Wildman–Crippen MR) is 75.1 cm³/mol. The van der Waals surface area contributed by atoms with Crippen molar-refractivity contribution in [3.8, 4) is 0 Å². The number of esters is 1. The van der Waals surface area contributed by atoms with Crippen LogP contribution in [0.1, 0.15) is 25.3 Å². The number of carbonyl (C=O) groups is 2. The number of nitrogens with zero attached hydrogens (tertiary/aromatic N) is 1. The van der Waals surface area contributed by atoms with Gasteiger partial charge in [0, 0.05) is 6.54 Å². The van der Waals surface area contributed by atoms with Crippen molar-refractivity contribution in [2.75, 3.05) is 20.3 Å². The van der Waals surface area contributed by atoms with Crippen LogP contribution in [0.25, 0.3) is 0 Å². The molecule has 1 amide bonds.